The van der Waals surface area contributed by atoms with Crippen molar-refractivity contribution in [1.29, 1.82) is 0 Å². The summed E-state index contributed by atoms with van der Waals surface area (Å²) < 4.78 is 0.881. The number of nitrogens with zero attached hydrogens (tertiary/aromatic N) is 2. The van der Waals surface area contributed by atoms with Crippen LogP contribution in [0, 0.1) is 0 Å². The van der Waals surface area contributed by atoms with Gasteiger partial charge in [0.25, 0.3) is 0 Å². The number of aromatic nitrogens is 1. The van der Waals surface area contributed by atoms with Crippen molar-refractivity contribution >= 4 is 50.3 Å². The summed E-state index contributed by atoms with van der Waals surface area (Å²) >= 11 is 7.23. The van der Waals surface area contributed by atoms with E-state index in [0.717, 1.165) is 10.2 Å². The molecule has 0 aliphatic carbocycles. The molecule has 1 heterocycles. The number of halogens is 1. The SMILES string of the molecule is CCN(CCC(=O)O)C(=O)Nc1nc2ccc(Cl)cc2s1. The Morgan fingerprint density at radius 2 is 2.24 bits per heavy atom. The molecule has 1 aromatic heterocycles. The summed E-state index contributed by atoms with van der Waals surface area (Å²) in [5.74, 6) is -0.934. The lowest BCUT2D eigenvalue weighted by atomic mass is 10.3. The van der Waals surface area contributed by atoms with Crippen molar-refractivity contribution in [1.82, 2.24) is 9.88 Å². The van der Waals surface area contributed by atoms with Crippen LogP contribution in [0.25, 0.3) is 10.2 Å². The number of aliphatic carboxylic acids is 1. The van der Waals surface area contributed by atoms with E-state index in [1.165, 1.54) is 16.2 Å². The number of carbonyl (C=O) groups excluding carboxylic acids is 1. The molecule has 6 nitrogen and oxygen atoms in total. The second-order valence-electron chi connectivity index (χ2n) is 4.28. The number of carbonyl (C=O) groups is 2. The Labute approximate surface area is 130 Å². The maximum absolute atomic E-state index is 12.1. The summed E-state index contributed by atoms with van der Waals surface area (Å²) in [5.41, 5.74) is 0.758. The quantitative estimate of drug-likeness (QED) is 0.882. The molecule has 2 N–H and O–H groups in total. The Kier molecular flexibility index (Phi) is 4.98. The molecule has 2 rings (SSSR count). The minimum Gasteiger partial charge on any atom is -0.481 e. The largest absolute Gasteiger partial charge is 0.481 e. The minimum absolute atomic E-state index is 0.0866. The van der Waals surface area contributed by atoms with Crippen molar-refractivity contribution in [2.75, 3.05) is 18.4 Å². The summed E-state index contributed by atoms with van der Waals surface area (Å²) in [4.78, 5) is 28.3. The molecule has 0 radical (unpaired) electrons. The van der Waals surface area contributed by atoms with Crippen molar-refractivity contribution in [2.24, 2.45) is 0 Å². The Morgan fingerprint density at radius 3 is 2.90 bits per heavy atom. The Bertz CT molecular complexity index is 674. The van der Waals surface area contributed by atoms with Crippen LogP contribution in [0.2, 0.25) is 5.02 Å². The van der Waals surface area contributed by atoms with E-state index < -0.39 is 5.97 Å². The van der Waals surface area contributed by atoms with E-state index in [0.29, 0.717) is 16.7 Å². The lowest BCUT2D eigenvalue weighted by Crippen LogP contribution is -2.36. The van der Waals surface area contributed by atoms with Crippen LogP contribution in [0.5, 0.6) is 0 Å². The number of benzene rings is 1. The lowest BCUT2D eigenvalue weighted by molar-refractivity contribution is -0.137. The molecule has 112 valence electrons. The first kappa shape index (κ1) is 15.5. The van der Waals surface area contributed by atoms with Crippen LogP contribution in [-0.4, -0.2) is 40.1 Å². The number of hydrogen-bond acceptors (Lipinski definition) is 4. The standard InChI is InChI=1S/C13H14ClN3O3S/c1-2-17(6-5-11(18)19)13(20)16-12-15-9-4-3-8(14)7-10(9)21-12/h3-4,7H,2,5-6H2,1H3,(H,18,19)(H,15,16,20). The Hall–Kier alpha value is -1.86. The maximum Gasteiger partial charge on any atom is 0.323 e. The van der Waals surface area contributed by atoms with Gasteiger partial charge < -0.3 is 10.0 Å². The monoisotopic (exact) mass is 327 g/mol. The highest BCUT2D eigenvalue weighted by Crippen LogP contribution is 2.28. The van der Waals surface area contributed by atoms with Gasteiger partial charge >= 0.3 is 12.0 Å². The fourth-order valence-electron chi connectivity index (χ4n) is 1.76. The number of urea groups is 1. The average molecular weight is 328 g/mol. The predicted octanol–water partition coefficient (Wildman–Crippen LogP) is 3.28. The van der Waals surface area contributed by atoms with Crippen molar-refractivity contribution in [3.05, 3.63) is 23.2 Å². The summed E-state index contributed by atoms with van der Waals surface area (Å²) in [6.45, 7) is 2.38. The molecular weight excluding hydrogens is 314 g/mol. The number of rotatable bonds is 5. The first-order valence-electron chi connectivity index (χ1n) is 6.33. The first-order valence-corrected chi connectivity index (χ1v) is 7.53. The van der Waals surface area contributed by atoms with E-state index in [4.69, 9.17) is 16.7 Å². The average Bonchev–Trinajstić information content (AvgIpc) is 2.80. The zero-order valence-electron chi connectivity index (χ0n) is 11.3. The molecule has 2 amide bonds. The molecule has 21 heavy (non-hydrogen) atoms. The molecule has 0 saturated carbocycles. The molecule has 0 bridgehead atoms. The van der Waals surface area contributed by atoms with Crippen LogP contribution in [-0.2, 0) is 4.79 Å². The predicted molar refractivity (Wildman–Crippen MR) is 83.1 cm³/mol. The van der Waals surface area contributed by atoms with Crippen LogP contribution in [0.15, 0.2) is 18.2 Å². The molecule has 0 aliphatic rings. The molecule has 0 fully saturated rings. The summed E-state index contributed by atoms with van der Waals surface area (Å²) in [6, 6.07) is 4.95. The fraction of sp³-hybridized carbons (Fsp3) is 0.308. The summed E-state index contributed by atoms with van der Waals surface area (Å²) in [7, 11) is 0. The van der Waals surface area contributed by atoms with E-state index in [9.17, 15) is 9.59 Å². The number of anilines is 1. The van der Waals surface area contributed by atoms with Gasteiger partial charge in [0.05, 0.1) is 16.6 Å². The third-order valence-corrected chi connectivity index (χ3v) is 4.00. The van der Waals surface area contributed by atoms with Crippen molar-refractivity contribution in [2.45, 2.75) is 13.3 Å². The van der Waals surface area contributed by atoms with Crippen LogP contribution in [0.1, 0.15) is 13.3 Å². The second kappa shape index (κ2) is 6.73. The van der Waals surface area contributed by atoms with Gasteiger partial charge in [-0.3, -0.25) is 10.1 Å². The molecule has 8 heteroatoms. The summed E-state index contributed by atoms with van der Waals surface area (Å²) in [5, 5.41) is 12.4. The highest BCUT2D eigenvalue weighted by atomic mass is 35.5. The van der Waals surface area contributed by atoms with Gasteiger partial charge in [0.1, 0.15) is 0 Å². The molecular formula is C13H14ClN3O3S. The van der Waals surface area contributed by atoms with Crippen LogP contribution in [0.4, 0.5) is 9.93 Å². The van der Waals surface area contributed by atoms with Gasteiger partial charge in [0, 0.05) is 18.1 Å². The van der Waals surface area contributed by atoms with Crippen LogP contribution in [0.3, 0.4) is 0 Å². The zero-order valence-corrected chi connectivity index (χ0v) is 12.9. The fourth-order valence-corrected chi connectivity index (χ4v) is 2.89. The molecule has 0 unspecified atom stereocenters. The topological polar surface area (TPSA) is 82.5 Å². The molecule has 1 aromatic carbocycles. The first-order chi connectivity index (χ1) is 9.99. The third kappa shape index (κ3) is 4.05. The highest BCUT2D eigenvalue weighted by Gasteiger charge is 2.15. The number of nitrogens with one attached hydrogen (secondary N) is 1. The van der Waals surface area contributed by atoms with Gasteiger partial charge in [-0.25, -0.2) is 9.78 Å². The number of thiazole rings is 1. The van der Waals surface area contributed by atoms with E-state index in [1.54, 1.807) is 25.1 Å². The third-order valence-electron chi connectivity index (χ3n) is 2.83. The maximum atomic E-state index is 12.1. The van der Waals surface area contributed by atoms with Gasteiger partial charge in [0.15, 0.2) is 5.13 Å². The number of carboxylic acids is 1. The molecule has 0 saturated heterocycles. The molecule has 0 aliphatic heterocycles. The molecule has 2 aromatic rings. The molecule has 0 atom stereocenters. The smallest absolute Gasteiger partial charge is 0.323 e. The minimum atomic E-state index is -0.934. The second-order valence-corrected chi connectivity index (χ2v) is 5.75. The lowest BCUT2D eigenvalue weighted by Gasteiger charge is -2.19. The van der Waals surface area contributed by atoms with Crippen LogP contribution < -0.4 is 5.32 Å². The van der Waals surface area contributed by atoms with Crippen molar-refractivity contribution in [3.8, 4) is 0 Å². The van der Waals surface area contributed by atoms with E-state index in [-0.39, 0.29) is 19.0 Å². The van der Waals surface area contributed by atoms with E-state index in [1.807, 2.05) is 0 Å². The van der Waals surface area contributed by atoms with Crippen LogP contribution >= 0.6 is 22.9 Å². The van der Waals surface area contributed by atoms with E-state index in [2.05, 4.69) is 10.3 Å². The number of amides is 2. The van der Waals surface area contributed by atoms with Crippen molar-refractivity contribution in [3.63, 3.8) is 0 Å². The normalized spacial score (nSPS) is 10.6. The van der Waals surface area contributed by atoms with E-state index >= 15 is 0 Å². The molecule has 0 spiro atoms. The van der Waals surface area contributed by atoms with Gasteiger partial charge in [-0.2, -0.15) is 0 Å². The van der Waals surface area contributed by atoms with Gasteiger partial charge in [-0.05, 0) is 25.1 Å². The van der Waals surface area contributed by atoms with Gasteiger partial charge in [-0.15, -0.1) is 0 Å². The van der Waals surface area contributed by atoms with Gasteiger partial charge in [0.2, 0.25) is 0 Å². The highest BCUT2D eigenvalue weighted by molar-refractivity contribution is 7.22. The van der Waals surface area contributed by atoms with Gasteiger partial charge in [-0.1, -0.05) is 22.9 Å². The number of carboxylic acid groups (broad SMARTS) is 1. The summed E-state index contributed by atoms with van der Waals surface area (Å²) in [6.07, 6.45) is -0.0866. The number of hydrogen-bond donors (Lipinski definition) is 2. The Balaban J connectivity index is 2.07. The van der Waals surface area contributed by atoms with Crippen molar-refractivity contribution < 1.29 is 14.7 Å². The number of fused-ring (bicyclic) bond motifs is 1. The Morgan fingerprint density at radius 1 is 1.48 bits per heavy atom. The zero-order chi connectivity index (χ0) is 15.4.